The number of nitrogens with zero attached hydrogens (tertiary/aromatic N) is 1. The van der Waals surface area contributed by atoms with Gasteiger partial charge < -0.3 is 5.73 Å². The molecule has 2 N–H and O–H groups in total. The van der Waals surface area contributed by atoms with Crippen LogP contribution in [0, 0.1) is 17.1 Å². The van der Waals surface area contributed by atoms with Crippen molar-refractivity contribution in [2.45, 2.75) is 10.6 Å². The third-order valence-electron chi connectivity index (χ3n) is 2.55. The zero-order valence-electron chi connectivity index (χ0n) is 9.97. The number of hydrogen-bond donors (Lipinski definition) is 1. The Morgan fingerprint density at radius 3 is 2.68 bits per heavy atom. The van der Waals surface area contributed by atoms with Crippen LogP contribution in [0.1, 0.15) is 11.1 Å². The highest BCUT2D eigenvalue weighted by Gasteiger charge is 2.10. The lowest BCUT2D eigenvalue weighted by Crippen LogP contribution is -2.01. The van der Waals surface area contributed by atoms with Crippen LogP contribution in [0.15, 0.2) is 47.4 Å². The van der Waals surface area contributed by atoms with E-state index in [1.54, 1.807) is 24.3 Å². The fourth-order valence-corrected chi connectivity index (χ4v) is 2.90. The fourth-order valence-electron chi connectivity index (χ4n) is 1.72. The molecule has 0 saturated carbocycles. The Hall–Kier alpha value is -2.19. The van der Waals surface area contributed by atoms with Gasteiger partial charge in [0.1, 0.15) is 5.82 Å². The second-order valence-corrected chi connectivity index (χ2v) is 5.41. The summed E-state index contributed by atoms with van der Waals surface area (Å²) in [6.07, 6.45) is 0. The first kappa shape index (κ1) is 13.2. The number of halogens is 1. The monoisotopic (exact) mass is 274 g/mol. The Balaban J connectivity index is 2.27. The summed E-state index contributed by atoms with van der Waals surface area (Å²) in [6.45, 7) is 0. The number of benzene rings is 2. The summed E-state index contributed by atoms with van der Waals surface area (Å²) in [5, 5.41) is 8.77. The fraction of sp³-hybridized carbons (Fsp3) is 0.0714. The Labute approximate surface area is 112 Å². The van der Waals surface area contributed by atoms with Crippen LogP contribution < -0.4 is 5.73 Å². The molecule has 3 nitrogen and oxygen atoms in total. The number of nitrogens with two attached hydrogens (primary N) is 1. The maximum absolute atomic E-state index is 13.3. The van der Waals surface area contributed by atoms with E-state index in [-0.39, 0.29) is 11.3 Å². The Morgan fingerprint density at radius 1 is 1.26 bits per heavy atom. The van der Waals surface area contributed by atoms with Gasteiger partial charge in [-0.25, -0.2) is 4.39 Å². The molecule has 0 aromatic heterocycles. The van der Waals surface area contributed by atoms with Crippen molar-refractivity contribution in [1.29, 1.82) is 5.26 Å². The van der Waals surface area contributed by atoms with E-state index in [2.05, 4.69) is 0 Å². The van der Waals surface area contributed by atoms with Gasteiger partial charge in [0.05, 0.1) is 33.1 Å². The van der Waals surface area contributed by atoms with Gasteiger partial charge >= 0.3 is 0 Å². The molecule has 5 heteroatoms. The van der Waals surface area contributed by atoms with E-state index in [0.29, 0.717) is 16.1 Å². The number of para-hydroxylation sites is 1. The summed E-state index contributed by atoms with van der Waals surface area (Å²) in [5.41, 5.74) is 6.91. The van der Waals surface area contributed by atoms with Gasteiger partial charge in [0.2, 0.25) is 0 Å². The minimum atomic E-state index is -1.37. The van der Waals surface area contributed by atoms with Crippen molar-refractivity contribution in [3.63, 3.8) is 0 Å². The van der Waals surface area contributed by atoms with E-state index in [1.807, 2.05) is 6.07 Å². The summed E-state index contributed by atoms with van der Waals surface area (Å²) in [4.78, 5) is 0.519. The van der Waals surface area contributed by atoms with E-state index in [0.717, 1.165) is 6.07 Å². The molecule has 0 fully saturated rings. The highest BCUT2D eigenvalue weighted by atomic mass is 32.2. The molecule has 0 bridgehead atoms. The van der Waals surface area contributed by atoms with Gasteiger partial charge in [-0.3, -0.25) is 4.21 Å². The van der Waals surface area contributed by atoms with Crippen molar-refractivity contribution in [1.82, 2.24) is 0 Å². The molecule has 19 heavy (non-hydrogen) atoms. The van der Waals surface area contributed by atoms with Crippen molar-refractivity contribution in [2.24, 2.45) is 0 Å². The molecule has 0 aliphatic carbocycles. The average molecular weight is 274 g/mol. The van der Waals surface area contributed by atoms with Gasteiger partial charge in [-0.05, 0) is 35.9 Å². The molecule has 1 unspecified atom stereocenters. The normalized spacial score (nSPS) is 11.8. The van der Waals surface area contributed by atoms with Gasteiger partial charge in [0, 0.05) is 5.69 Å². The van der Waals surface area contributed by atoms with Crippen molar-refractivity contribution >= 4 is 16.5 Å². The summed E-state index contributed by atoms with van der Waals surface area (Å²) in [6, 6.07) is 12.7. The number of nitriles is 1. The lowest BCUT2D eigenvalue weighted by Gasteiger charge is -2.06. The minimum Gasteiger partial charge on any atom is -0.398 e. The molecule has 0 aliphatic rings. The molecule has 0 radical (unpaired) electrons. The largest absolute Gasteiger partial charge is 0.398 e. The van der Waals surface area contributed by atoms with E-state index in [9.17, 15) is 8.60 Å². The Morgan fingerprint density at radius 2 is 2.00 bits per heavy atom. The quantitative estimate of drug-likeness (QED) is 0.875. The predicted molar refractivity (Wildman–Crippen MR) is 72.1 cm³/mol. The molecule has 2 rings (SSSR count). The Bertz CT molecular complexity index is 679. The molecule has 0 spiro atoms. The molecule has 96 valence electrons. The highest BCUT2D eigenvalue weighted by Crippen LogP contribution is 2.19. The highest BCUT2D eigenvalue weighted by molar-refractivity contribution is 7.84. The van der Waals surface area contributed by atoms with E-state index >= 15 is 0 Å². The van der Waals surface area contributed by atoms with Crippen molar-refractivity contribution in [3.8, 4) is 6.07 Å². The van der Waals surface area contributed by atoms with E-state index < -0.39 is 16.6 Å². The molecule has 0 saturated heterocycles. The van der Waals surface area contributed by atoms with Gasteiger partial charge in [0.15, 0.2) is 0 Å². The van der Waals surface area contributed by atoms with Crippen molar-refractivity contribution in [2.75, 3.05) is 5.73 Å². The maximum atomic E-state index is 13.3. The second-order valence-electron chi connectivity index (χ2n) is 3.99. The first-order valence-corrected chi connectivity index (χ1v) is 6.84. The number of nitrogen functional groups attached to an aromatic ring is 1. The zero-order valence-corrected chi connectivity index (χ0v) is 10.8. The van der Waals surface area contributed by atoms with Crippen LogP contribution in [0.4, 0.5) is 10.1 Å². The van der Waals surface area contributed by atoms with Gasteiger partial charge in [-0.15, -0.1) is 0 Å². The molecular formula is C14H11FN2OS. The standard InChI is InChI=1S/C14H11FN2OS/c15-12-6-10(8-16)5-11(7-12)9-19(18)14-4-2-1-3-13(14)17/h1-7H,9,17H2. The number of hydrogen-bond acceptors (Lipinski definition) is 3. The second kappa shape index (κ2) is 5.63. The maximum Gasteiger partial charge on any atom is 0.124 e. The minimum absolute atomic E-state index is 0.126. The topological polar surface area (TPSA) is 66.9 Å². The van der Waals surface area contributed by atoms with Crippen LogP contribution in [0.2, 0.25) is 0 Å². The number of rotatable bonds is 3. The molecule has 0 amide bonds. The van der Waals surface area contributed by atoms with Crippen LogP contribution in [-0.2, 0) is 16.6 Å². The van der Waals surface area contributed by atoms with Crippen LogP contribution in [0.25, 0.3) is 0 Å². The third kappa shape index (κ3) is 3.18. The van der Waals surface area contributed by atoms with Crippen LogP contribution in [-0.4, -0.2) is 4.21 Å². The predicted octanol–water partition coefficient (Wildman–Crippen LogP) is 2.59. The SMILES string of the molecule is N#Cc1cc(F)cc(CS(=O)c2ccccc2N)c1. The van der Waals surface area contributed by atoms with Crippen molar-refractivity contribution < 1.29 is 8.60 Å². The first-order valence-electron chi connectivity index (χ1n) is 5.52. The summed E-state index contributed by atoms with van der Waals surface area (Å²) >= 11 is 0. The van der Waals surface area contributed by atoms with Gasteiger partial charge in [-0.1, -0.05) is 12.1 Å². The van der Waals surface area contributed by atoms with Gasteiger partial charge in [-0.2, -0.15) is 5.26 Å². The average Bonchev–Trinajstić information content (AvgIpc) is 2.38. The lowest BCUT2D eigenvalue weighted by atomic mass is 10.1. The molecule has 1 atom stereocenters. The van der Waals surface area contributed by atoms with Gasteiger partial charge in [0.25, 0.3) is 0 Å². The first-order chi connectivity index (χ1) is 9.10. The smallest absolute Gasteiger partial charge is 0.124 e. The van der Waals surface area contributed by atoms with Crippen LogP contribution in [0.3, 0.4) is 0 Å². The summed E-state index contributed by atoms with van der Waals surface area (Å²) in [7, 11) is -1.37. The van der Waals surface area contributed by atoms with Crippen LogP contribution >= 0.6 is 0 Å². The van der Waals surface area contributed by atoms with Crippen molar-refractivity contribution in [3.05, 3.63) is 59.4 Å². The third-order valence-corrected chi connectivity index (χ3v) is 4.01. The summed E-state index contributed by atoms with van der Waals surface area (Å²) in [5.74, 6) is -0.382. The molecule has 0 heterocycles. The van der Waals surface area contributed by atoms with E-state index in [1.165, 1.54) is 12.1 Å². The molecular weight excluding hydrogens is 263 g/mol. The Kier molecular flexibility index (Phi) is 3.93. The molecule has 2 aromatic carbocycles. The lowest BCUT2D eigenvalue weighted by molar-refractivity contribution is 0.625. The van der Waals surface area contributed by atoms with E-state index in [4.69, 9.17) is 11.0 Å². The number of anilines is 1. The van der Waals surface area contributed by atoms with Crippen LogP contribution in [0.5, 0.6) is 0 Å². The molecule has 0 aliphatic heterocycles. The molecule has 2 aromatic rings. The summed E-state index contributed by atoms with van der Waals surface area (Å²) < 4.78 is 25.4. The zero-order chi connectivity index (χ0) is 13.8.